The van der Waals surface area contributed by atoms with Gasteiger partial charge < -0.3 is 10.6 Å². The van der Waals surface area contributed by atoms with Crippen molar-refractivity contribution in [1.29, 1.82) is 0 Å². The van der Waals surface area contributed by atoms with Crippen molar-refractivity contribution in [3.63, 3.8) is 0 Å². The van der Waals surface area contributed by atoms with E-state index in [2.05, 4.69) is 15.5 Å². The van der Waals surface area contributed by atoms with Crippen LogP contribution in [0.3, 0.4) is 0 Å². The number of likely N-dealkylation sites (tertiary alicyclic amines) is 1. The van der Waals surface area contributed by atoms with Gasteiger partial charge in [0, 0.05) is 19.6 Å². The summed E-state index contributed by atoms with van der Waals surface area (Å²) in [4.78, 5) is 14.1. The van der Waals surface area contributed by atoms with Crippen LogP contribution in [0, 0.1) is 0 Å². The van der Waals surface area contributed by atoms with Crippen LogP contribution < -0.4 is 10.6 Å². The smallest absolute Gasteiger partial charge is 0.237 e. The third kappa shape index (κ3) is 2.74. The van der Waals surface area contributed by atoms with Crippen LogP contribution in [0.2, 0.25) is 0 Å². The molecule has 2 heterocycles. The summed E-state index contributed by atoms with van der Waals surface area (Å²) in [5, 5.41) is 6.30. The average Bonchev–Trinajstić information content (AvgIpc) is 2.82. The Hall–Kier alpha value is -0.610. The molecule has 0 aliphatic carbocycles. The lowest BCUT2D eigenvalue weighted by atomic mass is 10.0. The Balaban J connectivity index is 1.90. The Morgan fingerprint density at radius 2 is 2.25 bits per heavy atom. The largest absolute Gasteiger partial charge is 0.358 e. The molecular weight excluding hydrogens is 202 g/mol. The number of hydrogen-bond acceptors (Lipinski definition) is 3. The van der Waals surface area contributed by atoms with Crippen molar-refractivity contribution in [1.82, 2.24) is 15.5 Å². The molecule has 0 radical (unpaired) electrons. The highest BCUT2D eigenvalue weighted by Crippen LogP contribution is 2.19. The zero-order valence-electron chi connectivity index (χ0n) is 10.2. The maximum absolute atomic E-state index is 11.8. The molecule has 2 atom stereocenters. The number of rotatable bonds is 3. The van der Waals surface area contributed by atoms with Crippen molar-refractivity contribution in [2.75, 3.05) is 26.7 Å². The number of piperidine rings is 1. The molecule has 2 N–H and O–H groups in total. The van der Waals surface area contributed by atoms with Crippen LogP contribution in [0.25, 0.3) is 0 Å². The summed E-state index contributed by atoms with van der Waals surface area (Å²) in [6.45, 7) is 3.26. The summed E-state index contributed by atoms with van der Waals surface area (Å²) in [6, 6.07) is 0.714. The number of nitrogens with zero attached hydrogens (tertiary/aromatic N) is 1. The molecule has 0 aromatic rings. The highest BCUT2D eigenvalue weighted by Gasteiger charge is 2.30. The van der Waals surface area contributed by atoms with Crippen LogP contribution in [-0.4, -0.2) is 49.6 Å². The molecular formula is C12H23N3O. The third-order valence-electron chi connectivity index (χ3n) is 3.78. The van der Waals surface area contributed by atoms with Gasteiger partial charge in [0.1, 0.15) is 0 Å². The normalized spacial score (nSPS) is 31.6. The van der Waals surface area contributed by atoms with Gasteiger partial charge >= 0.3 is 0 Å². The van der Waals surface area contributed by atoms with E-state index in [4.69, 9.17) is 0 Å². The van der Waals surface area contributed by atoms with Gasteiger partial charge in [-0.15, -0.1) is 0 Å². The molecule has 2 aliphatic rings. The van der Waals surface area contributed by atoms with E-state index in [1.807, 2.05) is 0 Å². The van der Waals surface area contributed by atoms with E-state index in [0.717, 1.165) is 26.1 Å². The van der Waals surface area contributed by atoms with E-state index in [-0.39, 0.29) is 11.9 Å². The van der Waals surface area contributed by atoms with Crippen molar-refractivity contribution in [3.8, 4) is 0 Å². The molecule has 2 unspecified atom stereocenters. The molecule has 0 aromatic carbocycles. The number of amides is 1. The van der Waals surface area contributed by atoms with E-state index < -0.39 is 0 Å². The Bertz CT molecular complexity index is 238. The van der Waals surface area contributed by atoms with Gasteiger partial charge in [0.15, 0.2) is 0 Å². The molecule has 4 nitrogen and oxygen atoms in total. The van der Waals surface area contributed by atoms with Gasteiger partial charge in [-0.3, -0.25) is 9.69 Å². The third-order valence-corrected chi connectivity index (χ3v) is 3.78. The number of carbonyl (C=O) groups is 1. The summed E-state index contributed by atoms with van der Waals surface area (Å²) in [6.07, 6.45) is 5.99. The monoisotopic (exact) mass is 225 g/mol. The second-order valence-corrected chi connectivity index (χ2v) is 4.91. The van der Waals surface area contributed by atoms with Crippen LogP contribution in [0.4, 0.5) is 0 Å². The van der Waals surface area contributed by atoms with Crippen LogP contribution in [0.5, 0.6) is 0 Å². The molecule has 2 aliphatic heterocycles. The van der Waals surface area contributed by atoms with Crippen molar-refractivity contribution in [3.05, 3.63) is 0 Å². The number of nitrogens with one attached hydrogen (secondary N) is 2. The molecule has 0 aromatic heterocycles. The second kappa shape index (κ2) is 5.64. The fraction of sp³-hybridized carbons (Fsp3) is 0.917. The van der Waals surface area contributed by atoms with Crippen LogP contribution >= 0.6 is 0 Å². The summed E-state index contributed by atoms with van der Waals surface area (Å²) in [5.74, 6) is 0.192. The highest BCUT2D eigenvalue weighted by molar-refractivity contribution is 5.81. The fourth-order valence-corrected chi connectivity index (χ4v) is 2.87. The molecule has 1 amide bonds. The Labute approximate surface area is 97.8 Å². The molecule has 0 saturated carbocycles. The minimum atomic E-state index is 0.112. The van der Waals surface area contributed by atoms with Crippen LogP contribution in [-0.2, 0) is 4.79 Å². The zero-order chi connectivity index (χ0) is 11.4. The predicted octanol–water partition coefficient (Wildman–Crippen LogP) is 0.339. The molecule has 2 fully saturated rings. The lowest BCUT2D eigenvalue weighted by Crippen LogP contribution is -2.52. The van der Waals surface area contributed by atoms with Crippen LogP contribution in [0.1, 0.15) is 32.1 Å². The first-order chi connectivity index (χ1) is 7.81. The zero-order valence-corrected chi connectivity index (χ0v) is 10.2. The van der Waals surface area contributed by atoms with Crippen LogP contribution in [0.15, 0.2) is 0 Å². The molecule has 2 saturated heterocycles. The van der Waals surface area contributed by atoms with E-state index in [1.165, 1.54) is 25.7 Å². The fourth-order valence-electron chi connectivity index (χ4n) is 2.87. The summed E-state index contributed by atoms with van der Waals surface area (Å²) < 4.78 is 0. The molecule has 4 heteroatoms. The van der Waals surface area contributed by atoms with Gasteiger partial charge in [0.25, 0.3) is 0 Å². The van der Waals surface area contributed by atoms with Gasteiger partial charge in [-0.1, -0.05) is 6.42 Å². The minimum Gasteiger partial charge on any atom is -0.358 e. The molecule has 92 valence electrons. The van der Waals surface area contributed by atoms with Gasteiger partial charge in [-0.2, -0.15) is 0 Å². The van der Waals surface area contributed by atoms with Gasteiger partial charge in [0.05, 0.1) is 6.04 Å². The Morgan fingerprint density at radius 3 is 2.94 bits per heavy atom. The summed E-state index contributed by atoms with van der Waals surface area (Å²) >= 11 is 0. The summed E-state index contributed by atoms with van der Waals surface area (Å²) in [7, 11) is 1.74. The lowest BCUT2D eigenvalue weighted by Gasteiger charge is -2.35. The summed E-state index contributed by atoms with van der Waals surface area (Å²) in [5.41, 5.74) is 0. The van der Waals surface area contributed by atoms with Crippen molar-refractivity contribution in [2.24, 2.45) is 0 Å². The van der Waals surface area contributed by atoms with Gasteiger partial charge in [-0.25, -0.2) is 0 Å². The number of carbonyl (C=O) groups excluding carboxylic acids is 1. The first-order valence-electron chi connectivity index (χ1n) is 6.50. The van der Waals surface area contributed by atoms with Crippen molar-refractivity contribution in [2.45, 2.75) is 44.2 Å². The van der Waals surface area contributed by atoms with E-state index >= 15 is 0 Å². The molecule has 0 spiro atoms. The molecule has 2 rings (SSSR count). The highest BCUT2D eigenvalue weighted by atomic mass is 16.2. The first kappa shape index (κ1) is 11.9. The average molecular weight is 225 g/mol. The lowest BCUT2D eigenvalue weighted by molar-refractivity contribution is -0.127. The Kier molecular flexibility index (Phi) is 4.18. The van der Waals surface area contributed by atoms with E-state index in [9.17, 15) is 4.79 Å². The molecule has 0 bridgehead atoms. The predicted molar refractivity (Wildman–Crippen MR) is 64.3 cm³/mol. The topological polar surface area (TPSA) is 44.4 Å². The second-order valence-electron chi connectivity index (χ2n) is 4.91. The quantitative estimate of drug-likeness (QED) is 0.728. The SMILES string of the molecule is CNC(=O)C1CCCCN1CC1CCCN1. The Morgan fingerprint density at radius 1 is 1.38 bits per heavy atom. The van der Waals surface area contributed by atoms with Gasteiger partial charge in [0.2, 0.25) is 5.91 Å². The van der Waals surface area contributed by atoms with Crippen molar-refractivity contribution >= 4 is 5.91 Å². The van der Waals surface area contributed by atoms with Crippen molar-refractivity contribution < 1.29 is 4.79 Å². The number of hydrogen-bond donors (Lipinski definition) is 2. The van der Waals surface area contributed by atoms with E-state index in [0.29, 0.717) is 6.04 Å². The maximum atomic E-state index is 11.8. The maximum Gasteiger partial charge on any atom is 0.237 e. The minimum absolute atomic E-state index is 0.112. The van der Waals surface area contributed by atoms with E-state index in [1.54, 1.807) is 7.05 Å². The molecule has 16 heavy (non-hydrogen) atoms. The van der Waals surface area contributed by atoms with Gasteiger partial charge in [-0.05, 0) is 38.8 Å². The first-order valence-corrected chi connectivity index (χ1v) is 6.50. The number of likely N-dealkylation sites (N-methyl/N-ethyl adjacent to an activating group) is 1. The standard InChI is InChI=1S/C12H23N3O/c1-13-12(16)11-6-2-3-8-15(11)9-10-5-4-7-14-10/h10-11,14H,2-9H2,1H3,(H,13,16).